The molecule has 1 aliphatic heterocycles. The summed E-state index contributed by atoms with van der Waals surface area (Å²) < 4.78 is 28.5. The first-order valence-corrected chi connectivity index (χ1v) is 13.2. The molecule has 0 aromatic heterocycles. The Morgan fingerprint density at radius 1 is 0.886 bits per heavy atom. The molecule has 184 valence electrons. The predicted molar refractivity (Wildman–Crippen MR) is 130 cm³/mol. The van der Waals surface area contributed by atoms with Crippen molar-refractivity contribution >= 4 is 50.7 Å². The van der Waals surface area contributed by atoms with Crippen LogP contribution in [0.5, 0.6) is 0 Å². The van der Waals surface area contributed by atoms with E-state index in [1.54, 1.807) is 19.9 Å². The first kappa shape index (κ1) is 25.1. The second kappa shape index (κ2) is 9.54. The molecule has 2 amide bonds. The van der Waals surface area contributed by atoms with Crippen LogP contribution < -0.4 is 4.72 Å². The molecular weight excluding hydrogens is 492 g/mol. The number of hydrogen-bond acceptors (Lipinski definition) is 6. The van der Waals surface area contributed by atoms with Crippen LogP contribution in [-0.4, -0.2) is 42.7 Å². The van der Waals surface area contributed by atoms with Crippen molar-refractivity contribution in [1.29, 1.82) is 0 Å². The molecule has 2 aromatic carbocycles. The Morgan fingerprint density at radius 3 is 2.31 bits per heavy atom. The van der Waals surface area contributed by atoms with Crippen molar-refractivity contribution in [3.05, 3.63) is 57.6 Å². The number of halogens is 1. The summed E-state index contributed by atoms with van der Waals surface area (Å²) in [5, 5.41) is 0.448. The Kier molecular flexibility index (Phi) is 6.83. The van der Waals surface area contributed by atoms with E-state index in [9.17, 15) is 27.6 Å². The topological polar surface area (TPSA) is 118 Å². The van der Waals surface area contributed by atoms with Gasteiger partial charge in [-0.1, -0.05) is 11.6 Å². The smallest absolute Gasteiger partial charge is 0.262 e. The fourth-order valence-electron chi connectivity index (χ4n) is 4.50. The van der Waals surface area contributed by atoms with E-state index in [0.29, 0.717) is 35.4 Å². The minimum atomic E-state index is -4.00. The van der Waals surface area contributed by atoms with Gasteiger partial charge in [-0.3, -0.25) is 28.8 Å². The average molecular weight is 517 g/mol. The van der Waals surface area contributed by atoms with Crippen LogP contribution in [0.25, 0.3) is 0 Å². The van der Waals surface area contributed by atoms with E-state index in [0.717, 1.165) is 4.90 Å². The molecule has 4 rings (SSSR count). The molecule has 1 unspecified atom stereocenters. The SMILES string of the molecule is Cc1cc(S(=O)(=O)Nc2ccc3c(c2)C(=O)N(C2CCC(=O)CCCCC2=O)C3=O)c(C)cc1Cl. The van der Waals surface area contributed by atoms with Crippen LogP contribution in [0.15, 0.2) is 35.2 Å². The Balaban J connectivity index is 1.63. The first-order chi connectivity index (χ1) is 16.5. The van der Waals surface area contributed by atoms with Crippen LogP contribution in [0.2, 0.25) is 5.02 Å². The van der Waals surface area contributed by atoms with E-state index in [-0.39, 0.29) is 52.5 Å². The number of ketones is 2. The molecule has 1 atom stereocenters. The Labute approximate surface area is 208 Å². The Hall–Kier alpha value is -3.04. The van der Waals surface area contributed by atoms with E-state index >= 15 is 0 Å². The lowest BCUT2D eigenvalue weighted by atomic mass is 10.0. The molecule has 1 fully saturated rings. The van der Waals surface area contributed by atoms with Crippen molar-refractivity contribution in [1.82, 2.24) is 4.90 Å². The summed E-state index contributed by atoms with van der Waals surface area (Å²) in [4.78, 5) is 52.1. The van der Waals surface area contributed by atoms with Gasteiger partial charge in [0.25, 0.3) is 21.8 Å². The highest BCUT2D eigenvalue weighted by Gasteiger charge is 2.42. The minimum Gasteiger partial charge on any atom is -0.300 e. The number of carbonyl (C=O) groups excluding carboxylic acids is 4. The van der Waals surface area contributed by atoms with Crippen molar-refractivity contribution in [2.45, 2.75) is 63.3 Å². The van der Waals surface area contributed by atoms with Crippen molar-refractivity contribution < 1.29 is 27.6 Å². The van der Waals surface area contributed by atoms with E-state index in [2.05, 4.69) is 4.72 Å². The van der Waals surface area contributed by atoms with Crippen LogP contribution in [-0.2, 0) is 19.6 Å². The second-order valence-electron chi connectivity index (χ2n) is 8.98. The highest BCUT2D eigenvalue weighted by atomic mass is 35.5. The summed E-state index contributed by atoms with van der Waals surface area (Å²) in [6.07, 6.45) is 1.93. The Morgan fingerprint density at radius 2 is 1.57 bits per heavy atom. The molecule has 1 saturated carbocycles. The molecule has 1 heterocycles. The number of carbonyl (C=O) groups is 4. The number of anilines is 1. The van der Waals surface area contributed by atoms with Gasteiger partial charge in [-0.25, -0.2) is 8.42 Å². The number of hydrogen-bond donors (Lipinski definition) is 1. The van der Waals surface area contributed by atoms with E-state index < -0.39 is 27.9 Å². The third kappa shape index (κ3) is 4.88. The number of nitrogens with zero attached hydrogens (tertiary/aromatic N) is 1. The molecule has 0 bridgehead atoms. The number of benzene rings is 2. The second-order valence-corrected chi connectivity index (χ2v) is 11.0. The van der Waals surface area contributed by atoms with Crippen molar-refractivity contribution in [2.24, 2.45) is 0 Å². The van der Waals surface area contributed by atoms with Crippen molar-refractivity contribution in [3.63, 3.8) is 0 Å². The van der Waals surface area contributed by atoms with Gasteiger partial charge in [0.2, 0.25) is 0 Å². The van der Waals surface area contributed by atoms with Crippen molar-refractivity contribution in [3.8, 4) is 0 Å². The number of rotatable bonds is 4. The van der Waals surface area contributed by atoms with Crippen LogP contribution in [0.4, 0.5) is 5.69 Å². The minimum absolute atomic E-state index is 0.00531. The highest BCUT2D eigenvalue weighted by molar-refractivity contribution is 7.92. The van der Waals surface area contributed by atoms with E-state index in [4.69, 9.17) is 11.6 Å². The van der Waals surface area contributed by atoms with Gasteiger partial charge in [0.1, 0.15) is 5.78 Å². The monoisotopic (exact) mass is 516 g/mol. The number of Topliss-reactive ketones (excluding diaryl/α,β-unsaturated/α-hetero) is 2. The van der Waals surface area contributed by atoms with Gasteiger partial charge in [0, 0.05) is 30.0 Å². The zero-order valence-corrected chi connectivity index (χ0v) is 21.0. The molecule has 0 spiro atoms. The summed E-state index contributed by atoms with van der Waals surface area (Å²) in [7, 11) is -4.00. The fraction of sp³-hybridized carbons (Fsp3) is 0.360. The number of fused-ring (bicyclic) bond motifs is 1. The van der Waals surface area contributed by atoms with Crippen LogP contribution >= 0.6 is 11.6 Å². The summed E-state index contributed by atoms with van der Waals surface area (Å²) in [6.45, 7) is 3.32. The quantitative estimate of drug-likeness (QED) is 0.608. The van der Waals surface area contributed by atoms with Crippen LogP contribution in [0.3, 0.4) is 0 Å². The van der Waals surface area contributed by atoms with E-state index in [1.165, 1.54) is 24.3 Å². The average Bonchev–Trinajstić information content (AvgIpc) is 3.07. The molecule has 2 aliphatic rings. The van der Waals surface area contributed by atoms with Crippen LogP contribution in [0, 0.1) is 13.8 Å². The molecular formula is C25H25ClN2O6S. The molecule has 2 aromatic rings. The lowest BCUT2D eigenvalue weighted by Gasteiger charge is -2.24. The zero-order chi connectivity index (χ0) is 25.5. The maximum atomic E-state index is 13.2. The summed E-state index contributed by atoms with van der Waals surface area (Å²) in [5.74, 6) is -1.53. The summed E-state index contributed by atoms with van der Waals surface area (Å²) >= 11 is 6.08. The lowest BCUT2D eigenvalue weighted by Crippen LogP contribution is -2.45. The number of imide groups is 1. The highest BCUT2D eigenvalue weighted by Crippen LogP contribution is 2.32. The third-order valence-electron chi connectivity index (χ3n) is 6.42. The molecule has 0 radical (unpaired) electrons. The Bertz CT molecular complexity index is 1370. The molecule has 35 heavy (non-hydrogen) atoms. The molecule has 1 aliphatic carbocycles. The molecule has 1 N–H and O–H groups in total. The first-order valence-electron chi connectivity index (χ1n) is 11.4. The largest absolute Gasteiger partial charge is 0.300 e. The van der Waals surface area contributed by atoms with Gasteiger partial charge in [0.05, 0.1) is 22.1 Å². The van der Waals surface area contributed by atoms with Gasteiger partial charge < -0.3 is 0 Å². The molecule has 10 heteroatoms. The maximum Gasteiger partial charge on any atom is 0.262 e. The third-order valence-corrected chi connectivity index (χ3v) is 8.36. The van der Waals surface area contributed by atoms with Gasteiger partial charge in [0.15, 0.2) is 5.78 Å². The molecule has 8 nitrogen and oxygen atoms in total. The number of nitrogens with one attached hydrogen (secondary N) is 1. The number of sulfonamides is 1. The maximum absolute atomic E-state index is 13.2. The van der Waals surface area contributed by atoms with E-state index in [1.807, 2.05) is 0 Å². The van der Waals surface area contributed by atoms with Gasteiger partial charge >= 0.3 is 0 Å². The van der Waals surface area contributed by atoms with Crippen molar-refractivity contribution in [2.75, 3.05) is 4.72 Å². The fourth-order valence-corrected chi connectivity index (χ4v) is 6.09. The van der Waals surface area contributed by atoms with Gasteiger partial charge in [-0.05, 0) is 74.6 Å². The summed E-state index contributed by atoms with van der Waals surface area (Å²) in [5.41, 5.74) is 1.27. The number of aryl methyl sites for hydroxylation is 2. The lowest BCUT2D eigenvalue weighted by molar-refractivity contribution is -0.123. The molecule has 0 saturated heterocycles. The normalized spacial score (nSPS) is 19.3. The van der Waals surface area contributed by atoms with Crippen LogP contribution in [0.1, 0.15) is 70.4 Å². The summed E-state index contributed by atoms with van der Waals surface area (Å²) in [6, 6.07) is 6.09. The predicted octanol–water partition coefficient (Wildman–Crippen LogP) is 4.21. The zero-order valence-electron chi connectivity index (χ0n) is 19.4. The standard InChI is InChI=1S/C25H25ClN2O6S/c1-14-12-23(15(2)11-20(14)26)35(33,34)27-16-7-9-18-19(13-16)25(32)28(24(18)31)21-10-8-17(29)5-3-4-6-22(21)30/h7,9,11-13,21,27H,3-6,8,10H2,1-2H3. The number of amides is 2. The van der Waals surface area contributed by atoms with Gasteiger partial charge in [-0.15, -0.1) is 0 Å². The van der Waals surface area contributed by atoms with Gasteiger partial charge in [-0.2, -0.15) is 0 Å².